The molecule has 14 nitrogen and oxygen atoms in total. The van der Waals surface area contributed by atoms with Crippen LogP contribution in [0.25, 0.3) is 0 Å². The van der Waals surface area contributed by atoms with Gasteiger partial charge in [0.05, 0.1) is 26.4 Å². The third-order valence-electron chi connectivity index (χ3n) is 12.4. The Kier molecular flexibility index (Phi) is 36.6. The molecule has 0 amide bonds. The van der Waals surface area contributed by atoms with E-state index >= 15 is 0 Å². The van der Waals surface area contributed by atoms with Gasteiger partial charge >= 0.3 is 5.97 Å². The summed E-state index contributed by atoms with van der Waals surface area (Å²) in [5.74, 6) is -0.389. The van der Waals surface area contributed by atoms with E-state index < -0.39 is 80.7 Å². The second-order valence-corrected chi connectivity index (χ2v) is 18.3. The molecular weight excluding hydrogens is 849 g/mol. The number of unbranched alkanes of at least 4 members (excludes halogenated alkanes) is 21. The highest BCUT2D eigenvalue weighted by molar-refractivity contribution is 5.69. The molecule has 2 aliphatic heterocycles. The highest BCUT2D eigenvalue weighted by Crippen LogP contribution is 2.26. The largest absolute Gasteiger partial charge is 0.457 e. The van der Waals surface area contributed by atoms with Crippen molar-refractivity contribution >= 4 is 5.97 Å². The summed E-state index contributed by atoms with van der Waals surface area (Å²) >= 11 is 0. The average Bonchev–Trinajstić information content (AvgIpc) is 3.31. The topological polar surface area (TPSA) is 214 Å². The molecular formula is C52H94O14. The summed E-state index contributed by atoms with van der Waals surface area (Å²) in [6.45, 7) is 3.59. The number of carbonyl (C=O) groups is 1. The fourth-order valence-corrected chi connectivity index (χ4v) is 8.08. The number of aliphatic hydroxyl groups is 7. The lowest BCUT2D eigenvalue weighted by molar-refractivity contribution is -0.332. The van der Waals surface area contributed by atoms with Crippen molar-refractivity contribution in [2.75, 3.05) is 33.0 Å². The second kappa shape index (κ2) is 40.0. The van der Waals surface area contributed by atoms with Gasteiger partial charge in [0.1, 0.15) is 54.9 Å². The molecule has 0 aromatic carbocycles. The van der Waals surface area contributed by atoms with Gasteiger partial charge < -0.3 is 64.2 Å². The Morgan fingerprint density at radius 1 is 0.500 bits per heavy atom. The monoisotopic (exact) mass is 943 g/mol. The molecule has 0 aromatic rings. The number of aliphatic hydroxyl groups excluding tert-OH is 7. The van der Waals surface area contributed by atoms with Crippen molar-refractivity contribution in [3.63, 3.8) is 0 Å². The van der Waals surface area contributed by atoms with E-state index in [4.69, 9.17) is 28.4 Å². The van der Waals surface area contributed by atoms with E-state index in [1.54, 1.807) is 0 Å². The van der Waals surface area contributed by atoms with Gasteiger partial charge in [-0.25, -0.2) is 0 Å². The van der Waals surface area contributed by atoms with Crippen LogP contribution in [-0.4, -0.2) is 142 Å². The first-order valence-corrected chi connectivity index (χ1v) is 26.1. The molecule has 14 heteroatoms. The molecule has 2 aliphatic rings. The number of ether oxygens (including phenoxy) is 6. The van der Waals surface area contributed by atoms with Crippen molar-refractivity contribution in [1.29, 1.82) is 0 Å². The SMILES string of the molecule is CCC/C=C\CCCCCCCC(=O)OC(COCCCCCCCCCCCC/C=C\C/C=C\CCCCCCC)COC1OC(COC2OC(CO)C(O)C(O)C2O)C(O)C(O)C1O. The van der Waals surface area contributed by atoms with Crippen molar-refractivity contribution in [3.05, 3.63) is 36.5 Å². The van der Waals surface area contributed by atoms with Gasteiger partial charge in [0.25, 0.3) is 0 Å². The summed E-state index contributed by atoms with van der Waals surface area (Å²) in [5.41, 5.74) is 0. The Morgan fingerprint density at radius 2 is 0.970 bits per heavy atom. The summed E-state index contributed by atoms with van der Waals surface area (Å²) in [4.78, 5) is 12.9. The van der Waals surface area contributed by atoms with Gasteiger partial charge in [0, 0.05) is 13.0 Å². The fraction of sp³-hybridized carbons (Fsp3) is 0.865. The van der Waals surface area contributed by atoms with E-state index in [2.05, 4.69) is 50.3 Å². The Balaban J connectivity index is 1.71. The fourth-order valence-electron chi connectivity index (χ4n) is 8.08. The van der Waals surface area contributed by atoms with Crippen LogP contribution in [0.4, 0.5) is 0 Å². The summed E-state index contributed by atoms with van der Waals surface area (Å²) in [7, 11) is 0. The number of rotatable bonds is 41. The molecule has 0 aromatic heterocycles. The van der Waals surface area contributed by atoms with E-state index in [1.165, 1.54) is 89.9 Å². The maximum atomic E-state index is 12.9. The minimum atomic E-state index is -1.71. The molecule has 0 radical (unpaired) electrons. The van der Waals surface area contributed by atoms with Crippen LogP contribution < -0.4 is 0 Å². The molecule has 2 rings (SSSR count). The quantitative estimate of drug-likeness (QED) is 0.0177. The maximum absolute atomic E-state index is 12.9. The zero-order valence-electron chi connectivity index (χ0n) is 40.9. The van der Waals surface area contributed by atoms with Gasteiger partial charge in [0.2, 0.25) is 0 Å². The first-order chi connectivity index (χ1) is 32.1. The standard InChI is InChI=1S/C52H94O14/c1-3-5-7-9-11-13-15-16-17-18-19-20-21-22-23-24-25-26-28-30-32-34-36-61-38-41(64-44(54)35-33-31-29-27-14-12-10-8-6-4-2)39-62-51-50(60)48(58)46(56)43(66-51)40-63-52-49(59)47(57)45(55)42(37-53)65-52/h8,10,15-16,18-19,41-43,45-53,55-60H,3-7,9,11-14,17,20-40H2,1-2H3/b10-8-,16-15-,19-18-. The van der Waals surface area contributed by atoms with Gasteiger partial charge in [-0.1, -0.05) is 153 Å². The van der Waals surface area contributed by atoms with Crippen LogP contribution in [0.5, 0.6) is 0 Å². The predicted molar refractivity (Wildman–Crippen MR) is 256 cm³/mol. The highest BCUT2D eigenvalue weighted by atomic mass is 16.7. The second-order valence-electron chi connectivity index (χ2n) is 18.3. The molecule has 0 aliphatic carbocycles. The van der Waals surface area contributed by atoms with Gasteiger partial charge in [-0.15, -0.1) is 0 Å². The molecule has 0 bridgehead atoms. The molecule has 2 saturated heterocycles. The average molecular weight is 943 g/mol. The zero-order chi connectivity index (χ0) is 48.0. The number of carbonyl (C=O) groups excluding carboxylic acids is 1. The Morgan fingerprint density at radius 3 is 1.53 bits per heavy atom. The Bertz CT molecular complexity index is 1230. The Labute approximate surface area is 398 Å². The molecule has 386 valence electrons. The normalized spacial score (nSPS) is 26.6. The number of hydrogen-bond acceptors (Lipinski definition) is 14. The third kappa shape index (κ3) is 27.4. The van der Waals surface area contributed by atoms with E-state index in [0.29, 0.717) is 13.0 Å². The van der Waals surface area contributed by atoms with E-state index in [1.807, 2.05) is 0 Å². The van der Waals surface area contributed by atoms with Crippen molar-refractivity contribution < 1.29 is 69.0 Å². The summed E-state index contributed by atoms with van der Waals surface area (Å²) in [6, 6.07) is 0. The van der Waals surface area contributed by atoms with Crippen LogP contribution in [0.1, 0.15) is 187 Å². The summed E-state index contributed by atoms with van der Waals surface area (Å²) in [5, 5.41) is 72.0. The minimum absolute atomic E-state index is 0.0566. The first-order valence-electron chi connectivity index (χ1n) is 26.1. The van der Waals surface area contributed by atoms with Crippen LogP contribution in [0.3, 0.4) is 0 Å². The lowest BCUT2D eigenvalue weighted by atomic mass is 9.98. The van der Waals surface area contributed by atoms with Gasteiger partial charge in [0.15, 0.2) is 12.6 Å². The van der Waals surface area contributed by atoms with E-state index in [0.717, 1.165) is 70.6 Å². The molecule has 2 heterocycles. The highest BCUT2D eigenvalue weighted by Gasteiger charge is 2.47. The molecule has 2 fully saturated rings. The molecule has 11 unspecified atom stereocenters. The summed E-state index contributed by atoms with van der Waals surface area (Å²) in [6.07, 6.45) is 27.9. The molecule has 7 N–H and O–H groups in total. The summed E-state index contributed by atoms with van der Waals surface area (Å²) < 4.78 is 34.2. The first kappa shape index (κ1) is 60.3. The van der Waals surface area contributed by atoms with Crippen molar-refractivity contribution in [3.8, 4) is 0 Å². The predicted octanol–water partition coefficient (Wildman–Crippen LogP) is 7.80. The molecule has 0 spiro atoms. The smallest absolute Gasteiger partial charge is 0.306 e. The molecule has 66 heavy (non-hydrogen) atoms. The van der Waals surface area contributed by atoms with Crippen LogP contribution in [0, 0.1) is 0 Å². The van der Waals surface area contributed by atoms with E-state index in [9.17, 15) is 40.5 Å². The van der Waals surface area contributed by atoms with Crippen molar-refractivity contribution in [2.24, 2.45) is 0 Å². The lowest BCUT2D eigenvalue weighted by Gasteiger charge is -2.42. The number of hydrogen-bond donors (Lipinski definition) is 7. The van der Waals surface area contributed by atoms with Crippen molar-refractivity contribution in [1.82, 2.24) is 0 Å². The van der Waals surface area contributed by atoms with Gasteiger partial charge in [-0.2, -0.15) is 0 Å². The number of allylic oxidation sites excluding steroid dienone is 6. The third-order valence-corrected chi connectivity index (χ3v) is 12.4. The van der Waals surface area contributed by atoms with Crippen LogP contribution in [-0.2, 0) is 33.2 Å². The number of esters is 1. The zero-order valence-corrected chi connectivity index (χ0v) is 40.9. The minimum Gasteiger partial charge on any atom is -0.457 e. The van der Waals surface area contributed by atoms with Gasteiger partial charge in [-0.05, 0) is 64.2 Å². The van der Waals surface area contributed by atoms with Crippen LogP contribution >= 0.6 is 0 Å². The van der Waals surface area contributed by atoms with Crippen LogP contribution in [0.2, 0.25) is 0 Å². The molecule has 11 atom stereocenters. The maximum Gasteiger partial charge on any atom is 0.306 e. The van der Waals surface area contributed by atoms with Crippen molar-refractivity contribution in [2.45, 2.75) is 255 Å². The van der Waals surface area contributed by atoms with Crippen LogP contribution in [0.15, 0.2) is 36.5 Å². The lowest BCUT2D eigenvalue weighted by Crippen LogP contribution is -2.61. The Hall–Kier alpha value is -1.79. The van der Waals surface area contributed by atoms with E-state index in [-0.39, 0.29) is 25.6 Å². The molecule has 0 saturated carbocycles. The van der Waals surface area contributed by atoms with Gasteiger partial charge in [-0.3, -0.25) is 4.79 Å².